The van der Waals surface area contributed by atoms with Gasteiger partial charge in [0, 0.05) is 11.5 Å². The number of carboxylic acid groups (broad SMARTS) is 1. The molecule has 0 spiro atoms. The highest BCUT2D eigenvalue weighted by Crippen LogP contribution is 2.34. The molecule has 0 fully saturated rings. The van der Waals surface area contributed by atoms with Gasteiger partial charge in [-0.1, -0.05) is 0 Å². The van der Waals surface area contributed by atoms with Crippen molar-refractivity contribution < 1.29 is 9.90 Å². The lowest BCUT2D eigenvalue weighted by molar-refractivity contribution is 0.0701. The number of carboxylic acids is 1. The van der Waals surface area contributed by atoms with Crippen molar-refractivity contribution in [3.8, 4) is 0 Å². The highest BCUT2D eigenvalue weighted by molar-refractivity contribution is 7.20. The van der Waals surface area contributed by atoms with Crippen molar-refractivity contribution >= 4 is 50.0 Å². The molecule has 0 aromatic carbocycles. The van der Waals surface area contributed by atoms with Gasteiger partial charge in [0.1, 0.15) is 27.7 Å². The summed E-state index contributed by atoms with van der Waals surface area (Å²) in [5, 5.41) is 13.6. The molecule has 0 saturated carbocycles. The van der Waals surface area contributed by atoms with Gasteiger partial charge in [-0.15, -0.1) is 11.3 Å². The van der Waals surface area contributed by atoms with Crippen molar-refractivity contribution in [1.82, 2.24) is 19.3 Å². The lowest BCUT2D eigenvalue weighted by Crippen LogP contribution is -1.97. The Labute approximate surface area is 121 Å². The highest BCUT2D eigenvalue weighted by atomic mass is 32.1. The Hall–Kier alpha value is -2.13. The molecule has 0 aliphatic heterocycles. The zero-order valence-electron chi connectivity index (χ0n) is 10.5. The number of aromatic carboxylic acids is 1. The van der Waals surface area contributed by atoms with Gasteiger partial charge in [0.05, 0.1) is 5.39 Å². The smallest absolute Gasteiger partial charge is 0.346 e. The summed E-state index contributed by atoms with van der Waals surface area (Å²) in [5.74, 6) is 0.270. The molecular formula is C11H9N5O2S2. The van der Waals surface area contributed by atoms with Crippen molar-refractivity contribution in [2.24, 2.45) is 0 Å². The zero-order chi connectivity index (χ0) is 14.3. The molecule has 3 aromatic rings. The fourth-order valence-corrected chi connectivity index (χ4v) is 3.38. The first-order chi connectivity index (χ1) is 9.56. The molecule has 7 nitrogen and oxygen atoms in total. The normalized spacial score (nSPS) is 10.9. The molecule has 0 bridgehead atoms. The molecular weight excluding hydrogens is 298 g/mol. The summed E-state index contributed by atoms with van der Waals surface area (Å²) in [5.41, 5.74) is 0.654. The number of nitrogens with zero attached hydrogens (tertiary/aromatic N) is 4. The minimum atomic E-state index is -0.955. The van der Waals surface area contributed by atoms with E-state index in [1.807, 2.05) is 0 Å². The van der Waals surface area contributed by atoms with Crippen LogP contribution in [-0.4, -0.2) is 30.4 Å². The van der Waals surface area contributed by atoms with E-state index >= 15 is 0 Å². The maximum absolute atomic E-state index is 11.2. The van der Waals surface area contributed by atoms with Crippen molar-refractivity contribution in [3.05, 3.63) is 22.6 Å². The number of nitrogens with one attached hydrogen (secondary N) is 1. The van der Waals surface area contributed by atoms with Crippen LogP contribution in [0.2, 0.25) is 0 Å². The van der Waals surface area contributed by atoms with Gasteiger partial charge in [-0.05, 0) is 19.4 Å². The lowest BCUT2D eigenvalue weighted by atomic mass is 10.2. The second-order valence-corrected chi connectivity index (χ2v) is 5.79. The Bertz CT molecular complexity index is 810. The van der Waals surface area contributed by atoms with Crippen molar-refractivity contribution in [1.29, 1.82) is 0 Å². The van der Waals surface area contributed by atoms with Crippen LogP contribution in [0.4, 0.5) is 10.9 Å². The first-order valence-corrected chi connectivity index (χ1v) is 7.20. The third kappa shape index (κ3) is 2.10. The number of anilines is 2. The molecule has 3 heterocycles. The van der Waals surface area contributed by atoms with Crippen LogP contribution in [0.3, 0.4) is 0 Å². The van der Waals surface area contributed by atoms with E-state index in [1.54, 1.807) is 13.8 Å². The molecule has 20 heavy (non-hydrogen) atoms. The number of thiophene rings is 1. The van der Waals surface area contributed by atoms with Crippen LogP contribution in [0.15, 0.2) is 6.33 Å². The molecule has 3 aromatic heterocycles. The SMILES string of the molecule is Cc1nsc(Nc2ncnc3sc(C(=O)O)c(C)c23)n1. The Morgan fingerprint density at radius 2 is 2.15 bits per heavy atom. The standard InChI is InChI=1S/C11H9N5O2S2/c1-4-6-8(15-11-14-5(2)16-20-11)12-3-13-9(6)19-7(4)10(17)18/h3H,1-2H3,(H,17,18)(H,12,13,14,15,16). The van der Waals surface area contributed by atoms with Crippen LogP contribution in [0.25, 0.3) is 10.2 Å². The molecule has 0 radical (unpaired) electrons. The number of hydrogen-bond donors (Lipinski definition) is 2. The lowest BCUT2D eigenvalue weighted by Gasteiger charge is -2.03. The fourth-order valence-electron chi connectivity index (χ4n) is 1.82. The largest absolute Gasteiger partial charge is 0.477 e. The molecule has 0 unspecified atom stereocenters. The van der Waals surface area contributed by atoms with E-state index in [2.05, 4.69) is 24.6 Å². The minimum absolute atomic E-state index is 0.275. The number of fused-ring (bicyclic) bond motifs is 1. The van der Waals surface area contributed by atoms with E-state index in [4.69, 9.17) is 0 Å². The predicted molar refractivity (Wildman–Crippen MR) is 77.0 cm³/mol. The molecule has 3 rings (SSSR count). The quantitative estimate of drug-likeness (QED) is 0.767. The summed E-state index contributed by atoms with van der Waals surface area (Å²) >= 11 is 2.36. The van der Waals surface area contributed by atoms with E-state index in [9.17, 15) is 9.90 Å². The molecule has 2 N–H and O–H groups in total. The average molecular weight is 307 g/mol. The molecule has 0 saturated heterocycles. The summed E-state index contributed by atoms with van der Waals surface area (Å²) in [6.45, 7) is 3.55. The Morgan fingerprint density at radius 1 is 1.35 bits per heavy atom. The van der Waals surface area contributed by atoms with Gasteiger partial charge in [-0.2, -0.15) is 4.37 Å². The van der Waals surface area contributed by atoms with Crippen LogP contribution in [0.1, 0.15) is 21.1 Å². The van der Waals surface area contributed by atoms with Gasteiger partial charge in [-0.25, -0.2) is 19.7 Å². The molecule has 9 heteroatoms. The van der Waals surface area contributed by atoms with Crippen LogP contribution >= 0.6 is 22.9 Å². The van der Waals surface area contributed by atoms with E-state index in [0.717, 1.165) is 11.3 Å². The fraction of sp³-hybridized carbons (Fsp3) is 0.182. The molecule has 0 aliphatic rings. The maximum Gasteiger partial charge on any atom is 0.346 e. The van der Waals surface area contributed by atoms with Gasteiger partial charge < -0.3 is 10.4 Å². The molecule has 0 aliphatic carbocycles. The summed E-state index contributed by atoms with van der Waals surface area (Å²) in [7, 11) is 0. The monoisotopic (exact) mass is 307 g/mol. The molecule has 0 atom stereocenters. The zero-order valence-corrected chi connectivity index (χ0v) is 12.2. The van der Waals surface area contributed by atoms with E-state index in [0.29, 0.717) is 32.6 Å². The van der Waals surface area contributed by atoms with Crippen LogP contribution in [-0.2, 0) is 0 Å². The summed E-state index contributed by atoms with van der Waals surface area (Å²) < 4.78 is 4.08. The minimum Gasteiger partial charge on any atom is -0.477 e. The Balaban J connectivity index is 2.13. The number of rotatable bonds is 3. The van der Waals surface area contributed by atoms with Gasteiger partial charge in [0.25, 0.3) is 0 Å². The van der Waals surface area contributed by atoms with E-state index in [1.165, 1.54) is 17.9 Å². The molecule has 0 amide bonds. The highest BCUT2D eigenvalue weighted by Gasteiger charge is 2.19. The second kappa shape index (κ2) is 4.76. The summed E-state index contributed by atoms with van der Waals surface area (Å²) in [4.78, 5) is 24.6. The molecule has 102 valence electrons. The number of hydrogen-bond acceptors (Lipinski definition) is 8. The number of aryl methyl sites for hydroxylation is 2. The van der Waals surface area contributed by atoms with Crippen molar-refractivity contribution in [3.63, 3.8) is 0 Å². The first kappa shape index (κ1) is 12.9. The van der Waals surface area contributed by atoms with Gasteiger partial charge in [0.15, 0.2) is 0 Å². The van der Waals surface area contributed by atoms with E-state index in [-0.39, 0.29) is 4.88 Å². The van der Waals surface area contributed by atoms with Crippen LogP contribution in [0, 0.1) is 13.8 Å². The Morgan fingerprint density at radius 3 is 2.80 bits per heavy atom. The van der Waals surface area contributed by atoms with Gasteiger partial charge in [-0.3, -0.25) is 0 Å². The van der Waals surface area contributed by atoms with Crippen molar-refractivity contribution in [2.75, 3.05) is 5.32 Å². The topological polar surface area (TPSA) is 101 Å². The second-order valence-electron chi connectivity index (χ2n) is 4.04. The average Bonchev–Trinajstić information content (AvgIpc) is 2.95. The first-order valence-electron chi connectivity index (χ1n) is 5.61. The third-order valence-electron chi connectivity index (χ3n) is 2.67. The van der Waals surface area contributed by atoms with Gasteiger partial charge >= 0.3 is 5.97 Å². The maximum atomic E-state index is 11.2. The summed E-state index contributed by atoms with van der Waals surface area (Å²) in [6.07, 6.45) is 1.40. The van der Waals surface area contributed by atoms with E-state index < -0.39 is 5.97 Å². The third-order valence-corrected chi connectivity index (χ3v) is 4.58. The predicted octanol–water partition coefficient (Wildman–Crippen LogP) is 2.60. The van der Waals surface area contributed by atoms with Crippen molar-refractivity contribution in [2.45, 2.75) is 13.8 Å². The Kier molecular flexibility index (Phi) is 3.07. The van der Waals surface area contributed by atoms with Crippen LogP contribution in [0.5, 0.6) is 0 Å². The van der Waals surface area contributed by atoms with Gasteiger partial charge in [0.2, 0.25) is 5.13 Å². The number of aromatic nitrogens is 4. The van der Waals surface area contributed by atoms with Crippen LogP contribution < -0.4 is 5.32 Å². The summed E-state index contributed by atoms with van der Waals surface area (Å²) in [6, 6.07) is 0. The number of carbonyl (C=O) groups is 1.